The smallest absolute Gasteiger partial charge is 0.216 e. The molecule has 5 nitrogen and oxygen atoms in total. The Morgan fingerprint density at radius 3 is 3.00 bits per heavy atom. The van der Waals surface area contributed by atoms with E-state index in [0.717, 1.165) is 10.6 Å². The van der Waals surface area contributed by atoms with Crippen molar-refractivity contribution >= 4 is 29.8 Å². The van der Waals surface area contributed by atoms with Crippen molar-refractivity contribution < 1.29 is 0 Å². The van der Waals surface area contributed by atoms with Crippen molar-refractivity contribution in [1.29, 1.82) is 0 Å². The first-order chi connectivity index (χ1) is 9.75. The van der Waals surface area contributed by atoms with Crippen LogP contribution in [0.15, 0.2) is 40.9 Å². The van der Waals surface area contributed by atoms with Gasteiger partial charge in [-0.2, -0.15) is 14.9 Å². The van der Waals surface area contributed by atoms with E-state index in [9.17, 15) is 0 Å². The van der Waals surface area contributed by atoms with E-state index in [4.69, 9.17) is 12.2 Å². The van der Waals surface area contributed by atoms with Crippen LogP contribution in [0.5, 0.6) is 0 Å². The number of H-pyrrole nitrogens is 1. The number of hydrogen-bond acceptors (Lipinski definition) is 5. The molecule has 3 aromatic rings. The molecule has 100 valence electrons. The number of nitrogens with one attached hydrogen (secondary N) is 1. The molecule has 0 bridgehead atoms. The lowest BCUT2D eigenvalue weighted by molar-refractivity contribution is 0.867. The van der Waals surface area contributed by atoms with E-state index in [1.54, 1.807) is 28.4 Å². The van der Waals surface area contributed by atoms with E-state index in [-0.39, 0.29) is 0 Å². The summed E-state index contributed by atoms with van der Waals surface area (Å²) >= 11 is 6.84. The van der Waals surface area contributed by atoms with E-state index < -0.39 is 0 Å². The number of hydrogen-bond donors (Lipinski definition) is 1. The molecule has 0 fully saturated rings. The van der Waals surface area contributed by atoms with Crippen LogP contribution >= 0.6 is 23.6 Å². The highest BCUT2D eigenvalue weighted by molar-refractivity contribution is 7.71. The largest absolute Gasteiger partial charge is 0.253 e. The van der Waals surface area contributed by atoms with E-state index >= 15 is 0 Å². The highest BCUT2D eigenvalue weighted by Crippen LogP contribution is 2.15. The summed E-state index contributed by atoms with van der Waals surface area (Å²) < 4.78 is 2.02. The first-order valence-corrected chi connectivity index (χ1v) is 7.22. The maximum absolute atomic E-state index is 5.21. The summed E-state index contributed by atoms with van der Waals surface area (Å²) in [6.45, 7) is 2.05. The average Bonchev–Trinajstić information content (AvgIpc) is 3.04. The van der Waals surface area contributed by atoms with Crippen LogP contribution in [0.1, 0.15) is 10.4 Å². The quantitative estimate of drug-likeness (QED) is 0.597. The van der Waals surface area contributed by atoms with E-state index in [0.29, 0.717) is 10.6 Å². The Morgan fingerprint density at radius 2 is 2.30 bits per heavy atom. The fraction of sp³-hybridized carbons (Fsp3) is 0.0769. The van der Waals surface area contributed by atoms with Gasteiger partial charge in [0.2, 0.25) is 10.6 Å². The van der Waals surface area contributed by atoms with Gasteiger partial charge in [0.25, 0.3) is 0 Å². The second-order valence-corrected chi connectivity index (χ2v) is 5.43. The molecule has 0 atom stereocenters. The predicted molar refractivity (Wildman–Crippen MR) is 82.7 cm³/mol. The third-order valence-corrected chi connectivity index (χ3v) is 3.95. The maximum atomic E-state index is 5.21. The molecule has 3 rings (SSSR count). The molecule has 0 aromatic carbocycles. The first-order valence-electron chi connectivity index (χ1n) is 5.93. The van der Waals surface area contributed by atoms with Gasteiger partial charge < -0.3 is 0 Å². The Morgan fingerprint density at radius 1 is 1.40 bits per heavy atom. The maximum Gasteiger partial charge on any atom is 0.216 e. The zero-order chi connectivity index (χ0) is 13.9. The number of aryl methyl sites for hydroxylation is 1. The molecular weight excluding hydrogens is 290 g/mol. The zero-order valence-corrected chi connectivity index (χ0v) is 12.3. The molecule has 7 heteroatoms. The lowest BCUT2D eigenvalue weighted by Gasteiger charge is -1.99. The molecule has 0 saturated heterocycles. The van der Waals surface area contributed by atoms with E-state index in [1.807, 2.05) is 30.5 Å². The molecule has 20 heavy (non-hydrogen) atoms. The second-order valence-electron chi connectivity index (χ2n) is 4.09. The Kier molecular flexibility index (Phi) is 3.53. The number of rotatable bonds is 3. The van der Waals surface area contributed by atoms with Crippen LogP contribution in [-0.4, -0.2) is 26.1 Å². The standard InChI is InChI=1S/C13H11N5S2/c1-9-5-7-20-11(9)8-15-18-12(16-17-13(18)19)10-4-2-3-6-14-10/h2-8H,1H3,(H,17,19)/b15-8-. The highest BCUT2D eigenvalue weighted by atomic mass is 32.1. The minimum atomic E-state index is 0.441. The third kappa shape index (κ3) is 2.45. The van der Waals surface area contributed by atoms with Gasteiger partial charge in [0.1, 0.15) is 5.69 Å². The molecule has 0 spiro atoms. The van der Waals surface area contributed by atoms with Crippen LogP contribution in [0, 0.1) is 11.7 Å². The van der Waals surface area contributed by atoms with Crippen molar-refractivity contribution in [3.05, 3.63) is 51.1 Å². The molecule has 0 radical (unpaired) electrons. The lowest BCUT2D eigenvalue weighted by Crippen LogP contribution is -1.96. The number of aromatic amines is 1. The zero-order valence-electron chi connectivity index (χ0n) is 10.6. The van der Waals surface area contributed by atoms with Crippen LogP contribution in [-0.2, 0) is 0 Å². The molecule has 0 unspecified atom stereocenters. The molecule has 1 N–H and O–H groups in total. The molecule has 0 amide bonds. The van der Waals surface area contributed by atoms with Crippen LogP contribution in [0.3, 0.4) is 0 Å². The van der Waals surface area contributed by atoms with Crippen LogP contribution in [0.2, 0.25) is 0 Å². The summed E-state index contributed by atoms with van der Waals surface area (Å²) in [5, 5.41) is 13.4. The van der Waals surface area contributed by atoms with E-state index in [1.165, 1.54) is 5.56 Å². The molecule has 3 aromatic heterocycles. The Balaban J connectivity index is 2.03. The normalized spacial score (nSPS) is 11.2. The number of pyridine rings is 1. The number of thiophene rings is 1. The molecule has 0 saturated carbocycles. The van der Waals surface area contributed by atoms with Crippen molar-refractivity contribution in [1.82, 2.24) is 19.9 Å². The van der Waals surface area contributed by atoms with Gasteiger partial charge in [-0.1, -0.05) is 6.07 Å². The molecule has 0 aliphatic rings. The number of aromatic nitrogens is 4. The van der Waals surface area contributed by atoms with Gasteiger partial charge in [-0.05, 0) is 48.3 Å². The van der Waals surface area contributed by atoms with Gasteiger partial charge in [0, 0.05) is 6.20 Å². The lowest BCUT2D eigenvalue weighted by atomic mass is 10.3. The van der Waals surface area contributed by atoms with Crippen LogP contribution in [0.4, 0.5) is 0 Å². The Bertz CT molecular complexity index is 798. The Hall–Kier alpha value is -2.12. The minimum absolute atomic E-state index is 0.441. The van der Waals surface area contributed by atoms with Gasteiger partial charge in [-0.15, -0.1) is 11.3 Å². The summed E-state index contributed by atoms with van der Waals surface area (Å²) in [5.74, 6) is 0.598. The van der Waals surface area contributed by atoms with Crippen molar-refractivity contribution in [2.24, 2.45) is 5.10 Å². The Labute approximate surface area is 124 Å². The summed E-state index contributed by atoms with van der Waals surface area (Å²) in [7, 11) is 0. The van der Waals surface area contributed by atoms with Crippen LogP contribution in [0.25, 0.3) is 11.5 Å². The molecule has 0 aliphatic heterocycles. The fourth-order valence-corrected chi connectivity index (χ4v) is 2.65. The van der Waals surface area contributed by atoms with Gasteiger partial charge in [-0.3, -0.25) is 4.98 Å². The predicted octanol–water partition coefficient (Wildman–Crippen LogP) is 3.25. The van der Waals surface area contributed by atoms with Crippen LogP contribution < -0.4 is 0 Å². The highest BCUT2D eigenvalue weighted by Gasteiger charge is 2.08. The second kappa shape index (κ2) is 5.48. The monoisotopic (exact) mass is 301 g/mol. The average molecular weight is 301 g/mol. The molecule has 0 aliphatic carbocycles. The molecular formula is C13H11N5S2. The summed E-state index contributed by atoms with van der Waals surface area (Å²) in [5.41, 5.74) is 1.91. The summed E-state index contributed by atoms with van der Waals surface area (Å²) in [6.07, 6.45) is 3.50. The van der Waals surface area contributed by atoms with Gasteiger partial charge in [-0.25, -0.2) is 5.10 Å². The topological polar surface area (TPSA) is 58.9 Å². The van der Waals surface area contributed by atoms with Gasteiger partial charge in [0.05, 0.1) is 11.1 Å². The van der Waals surface area contributed by atoms with Gasteiger partial charge in [0.15, 0.2) is 0 Å². The first kappa shape index (κ1) is 12.9. The van der Waals surface area contributed by atoms with E-state index in [2.05, 4.69) is 26.3 Å². The third-order valence-electron chi connectivity index (χ3n) is 2.74. The van der Waals surface area contributed by atoms with Crippen molar-refractivity contribution in [3.63, 3.8) is 0 Å². The fourth-order valence-electron chi connectivity index (χ4n) is 1.69. The summed E-state index contributed by atoms with van der Waals surface area (Å²) in [4.78, 5) is 5.36. The van der Waals surface area contributed by atoms with Crippen molar-refractivity contribution in [2.45, 2.75) is 6.92 Å². The van der Waals surface area contributed by atoms with Gasteiger partial charge >= 0.3 is 0 Å². The molecule has 3 heterocycles. The minimum Gasteiger partial charge on any atom is -0.253 e. The van der Waals surface area contributed by atoms with Crippen molar-refractivity contribution in [2.75, 3.05) is 0 Å². The summed E-state index contributed by atoms with van der Waals surface area (Å²) in [6, 6.07) is 7.68. The SMILES string of the molecule is Cc1ccsc1/C=N\n1c(-c2ccccn2)n[nH]c1=S. The number of nitrogens with zero attached hydrogens (tertiary/aromatic N) is 4. The van der Waals surface area contributed by atoms with Crippen molar-refractivity contribution in [3.8, 4) is 11.5 Å².